The lowest BCUT2D eigenvalue weighted by atomic mass is 10.1. The number of likely N-dealkylation sites (N-methyl/N-ethyl adjacent to an activating group) is 1. The first-order valence-electron chi connectivity index (χ1n) is 18.7. The summed E-state index contributed by atoms with van der Waals surface area (Å²) in [5, 5.41) is 17.6. The Labute approximate surface area is 344 Å². The van der Waals surface area contributed by atoms with Gasteiger partial charge in [0.2, 0.25) is 0 Å². The Morgan fingerprint density at radius 1 is 0.750 bits per heavy atom. The molecule has 0 saturated carbocycles. The number of carbonyl (C=O) groups is 2. The van der Waals surface area contributed by atoms with Crippen molar-refractivity contribution in [2.24, 2.45) is 10.2 Å². The zero-order valence-electron chi connectivity index (χ0n) is 32.9. The number of carbonyl (C=O) groups excluding carboxylic acids is 2. The van der Waals surface area contributed by atoms with Crippen molar-refractivity contribution in [2.75, 3.05) is 80.1 Å². The number of benzene rings is 2. The second-order valence-electron chi connectivity index (χ2n) is 13.5. The third-order valence-electron chi connectivity index (χ3n) is 9.49. The van der Waals surface area contributed by atoms with Gasteiger partial charge < -0.3 is 33.7 Å². The van der Waals surface area contributed by atoms with Gasteiger partial charge in [-0.3, -0.25) is 23.2 Å². The molecule has 23 heteroatoms. The molecule has 0 radical (unpaired) electrons. The van der Waals surface area contributed by atoms with Gasteiger partial charge >= 0.3 is 22.6 Å². The highest BCUT2D eigenvalue weighted by molar-refractivity contribution is 7.81. The van der Waals surface area contributed by atoms with E-state index in [1.807, 2.05) is 7.05 Å². The SMILES string of the molecule is CN1CCN(c2ccc(N3C[C@H](CCc4ccon4)OC3=O)cc2F)C=N1.COS(=O)(=O)OC.O=C1O[C@@H](CCc2ccon2)CN1c1ccc(N2C=NNCC2)c(F)c1. The number of aromatic nitrogens is 2. The van der Waals surface area contributed by atoms with Gasteiger partial charge in [0.15, 0.2) is 0 Å². The van der Waals surface area contributed by atoms with E-state index in [9.17, 15) is 26.8 Å². The number of cyclic esters (lactones) is 2. The molecule has 0 bridgehead atoms. The van der Waals surface area contributed by atoms with Crippen molar-refractivity contribution < 1.29 is 53.7 Å². The number of rotatable bonds is 12. The van der Waals surface area contributed by atoms with E-state index in [0.29, 0.717) is 87.7 Å². The predicted octanol–water partition coefficient (Wildman–Crippen LogP) is 4.12. The van der Waals surface area contributed by atoms with Gasteiger partial charge in [-0.25, -0.2) is 18.4 Å². The van der Waals surface area contributed by atoms with Crippen molar-refractivity contribution in [1.29, 1.82) is 0 Å². The molecule has 60 heavy (non-hydrogen) atoms. The Kier molecular flexibility index (Phi) is 14.5. The summed E-state index contributed by atoms with van der Waals surface area (Å²) < 4.78 is 77.0. The molecule has 0 aliphatic carbocycles. The lowest BCUT2D eigenvalue weighted by molar-refractivity contribution is 0.136. The maximum Gasteiger partial charge on any atom is 0.414 e. The third kappa shape index (κ3) is 11.4. The first-order chi connectivity index (χ1) is 28.9. The molecular formula is C37H44F2N10O10S. The quantitative estimate of drug-likeness (QED) is 0.212. The smallest absolute Gasteiger partial charge is 0.414 e. The minimum absolute atomic E-state index is 0.262. The zero-order valence-corrected chi connectivity index (χ0v) is 33.7. The van der Waals surface area contributed by atoms with Crippen LogP contribution in [0.15, 0.2) is 80.3 Å². The van der Waals surface area contributed by atoms with E-state index < -0.39 is 34.2 Å². The highest BCUT2D eigenvalue weighted by Crippen LogP contribution is 2.30. The zero-order chi connectivity index (χ0) is 42.6. The number of aryl methyl sites for hydroxylation is 2. The van der Waals surface area contributed by atoms with Gasteiger partial charge in [-0.05, 0) is 62.1 Å². The molecule has 4 aromatic rings. The highest BCUT2D eigenvalue weighted by atomic mass is 32.3. The van der Waals surface area contributed by atoms with Crippen LogP contribution in [0.5, 0.6) is 0 Å². The number of nitrogens with one attached hydrogen (secondary N) is 1. The second-order valence-corrected chi connectivity index (χ2v) is 14.9. The lowest BCUT2D eigenvalue weighted by Gasteiger charge is -2.28. The van der Waals surface area contributed by atoms with E-state index in [2.05, 4.69) is 34.3 Å². The molecule has 0 spiro atoms. The van der Waals surface area contributed by atoms with Crippen molar-refractivity contribution in [3.8, 4) is 0 Å². The number of ether oxygens (including phenoxy) is 2. The maximum absolute atomic E-state index is 14.6. The van der Waals surface area contributed by atoms with Gasteiger partial charge in [-0.15, -0.1) is 0 Å². The van der Waals surface area contributed by atoms with Crippen molar-refractivity contribution in [2.45, 2.75) is 37.9 Å². The summed E-state index contributed by atoms with van der Waals surface area (Å²) in [6.45, 7) is 3.38. The van der Waals surface area contributed by atoms with Crippen LogP contribution in [0.1, 0.15) is 24.2 Å². The Bertz CT molecular complexity index is 2210. The number of hydrogen-bond acceptors (Lipinski definition) is 18. The van der Waals surface area contributed by atoms with Crippen LogP contribution in [-0.2, 0) is 41.1 Å². The molecule has 1 N–H and O–H groups in total. The average Bonchev–Trinajstić information content (AvgIpc) is 4.10. The Hall–Kier alpha value is -6.33. The van der Waals surface area contributed by atoms with Crippen molar-refractivity contribution in [1.82, 2.24) is 20.7 Å². The summed E-state index contributed by atoms with van der Waals surface area (Å²) in [4.78, 5) is 30.7. The molecule has 4 aliphatic heterocycles. The van der Waals surface area contributed by atoms with Crippen LogP contribution in [-0.4, -0.2) is 121 Å². The molecule has 2 atom stereocenters. The fourth-order valence-corrected chi connectivity index (χ4v) is 6.40. The summed E-state index contributed by atoms with van der Waals surface area (Å²) in [6, 6.07) is 13.0. The number of anilines is 4. The Morgan fingerprint density at radius 3 is 1.65 bits per heavy atom. The molecule has 6 heterocycles. The average molecular weight is 859 g/mol. The number of amides is 2. The Balaban J connectivity index is 0.000000174. The van der Waals surface area contributed by atoms with Crippen molar-refractivity contribution in [3.63, 3.8) is 0 Å². The minimum atomic E-state index is -3.66. The minimum Gasteiger partial charge on any atom is -0.444 e. The van der Waals surface area contributed by atoms with Crippen LogP contribution in [0.25, 0.3) is 0 Å². The van der Waals surface area contributed by atoms with Crippen LogP contribution in [0.4, 0.5) is 41.1 Å². The first kappa shape index (κ1) is 43.3. The number of hydrogen-bond donors (Lipinski definition) is 1. The van der Waals surface area contributed by atoms with Gasteiger partial charge in [-0.1, -0.05) is 10.3 Å². The van der Waals surface area contributed by atoms with E-state index in [1.54, 1.807) is 63.9 Å². The fraction of sp³-hybridized carbons (Fsp3) is 0.405. The van der Waals surface area contributed by atoms with Gasteiger partial charge in [-0.2, -0.15) is 18.6 Å². The van der Waals surface area contributed by atoms with E-state index in [0.717, 1.165) is 25.6 Å². The van der Waals surface area contributed by atoms with Gasteiger partial charge in [0, 0.05) is 32.3 Å². The molecule has 4 aliphatic rings. The van der Waals surface area contributed by atoms with Gasteiger partial charge in [0.1, 0.15) is 49.0 Å². The van der Waals surface area contributed by atoms with Crippen LogP contribution in [0.2, 0.25) is 0 Å². The maximum atomic E-state index is 14.6. The van der Waals surface area contributed by atoms with E-state index in [4.69, 9.17) is 18.5 Å². The number of nitrogens with zero attached hydrogens (tertiary/aromatic N) is 9. The normalized spacial score (nSPS) is 18.7. The standard InChI is InChI=1S/C18H20FN5O3.C17H18FN5O3.C2H6O4S/c1-22-7-8-23(12-20-22)17-5-3-14(10-16(17)19)24-11-15(27-18(24)25)4-2-13-6-9-26-21-13;18-15-9-13(2-4-16(15)22-7-6-19-20-11-22)23-10-14(26-17(23)24)3-1-12-5-8-25-21-12;1-5-7(3,4)6-2/h3,5-6,9-10,12,15H,2,4,7-8,11H2,1H3;2,4-5,8-9,11,14,19H,1,3,6-7,10H2;1-2H3/t15-;14-;/m00./s1. The summed E-state index contributed by atoms with van der Waals surface area (Å²) in [5.74, 6) is -0.808. The summed E-state index contributed by atoms with van der Waals surface area (Å²) in [5.41, 5.74) is 6.27. The molecule has 2 fully saturated rings. The van der Waals surface area contributed by atoms with Crippen LogP contribution in [0, 0.1) is 11.6 Å². The van der Waals surface area contributed by atoms with Gasteiger partial charge in [0.05, 0.1) is 74.5 Å². The lowest BCUT2D eigenvalue weighted by Crippen LogP contribution is -2.36. The van der Waals surface area contributed by atoms with Crippen molar-refractivity contribution >= 4 is 58.0 Å². The molecule has 0 unspecified atom stereocenters. The predicted molar refractivity (Wildman–Crippen MR) is 213 cm³/mol. The molecule has 2 amide bonds. The number of hydrazone groups is 2. The van der Waals surface area contributed by atoms with Gasteiger partial charge in [0.25, 0.3) is 0 Å². The topological polar surface area (TPSA) is 210 Å². The van der Waals surface area contributed by atoms with Crippen LogP contribution in [0.3, 0.4) is 0 Å². The van der Waals surface area contributed by atoms with Crippen molar-refractivity contribution in [3.05, 3.63) is 84.1 Å². The molecule has 2 saturated heterocycles. The van der Waals surface area contributed by atoms with Crippen LogP contribution >= 0.6 is 0 Å². The third-order valence-corrected chi connectivity index (χ3v) is 10.3. The number of halogens is 2. The summed E-state index contributed by atoms with van der Waals surface area (Å²) in [6.07, 6.45) is 7.28. The molecule has 322 valence electrons. The van der Waals surface area contributed by atoms with E-state index in [-0.39, 0.29) is 12.2 Å². The summed E-state index contributed by atoms with van der Waals surface area (Å²) >= 11 is 0. The van der Waals surface area contributed by atoms with Crippen LogP contribution < -0.4 is 25.0 Å². The monoisotopic (exact) mass is 858 g/mol. The first-order valence-corrected chi connectivity index (χ1v) is 20.0. The highest BCUT2D eigenvalue weighted by Gasteiger charge is 2.34. The Morgan fingerprint density at radius 2 is 1.27 bits per heavy atom. The van der Waals surface area contributed by atoms with E-state index in [1.165, 1.54) is 34.5 Å². The second kappa shape index (κ2) is 20.1. The fourth-order valence-electron chi connectivity index (χ4n) is 6.26. The molecular weight excluding hydrogens is 815 g/mol. The summed E-state index contributed by atoms with van der Waals surface area (Å²) in [7, 11) is 0.262. The largest absolute Gasteiger partial charge is 0.444 e. The molecule has 2 aromatic heterocycles. The molecule has 8 rings (SSSR count). The van der Waals surface area contributed by atoms with E-state index >= 15 is 0 Å². The molecule has 20 nitrogen and oxygen atoms in total. The molecule has 2 aromatic carbocycles.